The molecule has 2 N–H and O–H groups in total. The van der Waals surface area contributed by atoms with Crippen molar-refractivity contribution in [3.8, 4) is 0 Å². The second-order valence-corrected chi connectivity index (χ2v) is 12.5. The van der Waals surface area contributed by atoms with E-state index in [1.165, 1.54) is 16.9 Å². The predicted octanol–water partition coefficient (Wildman–Crippen LogP) is 5.25. The molecule has 2 aliphatic rings. The minimum atomic E-state index is -0.491. The van der Waals surface area contributed by atoms with Crippen LogP contribution in [0, 0.1) is 0 Å². The fourth-order valence-corrected chi connectivity index (χ4v) is 5.98. The van der Waals surface area contributed by atoms with Gasteiger partial charge in [0.1, 0.15) is 27.6 Å². The van der Waals surface area contributed by atoms with Crippen LogP contribution >= 0.6 is 11.3 Å². The summed E-state index contributed by atoms with van der Waals surface area (Å²) in [5, 5.41) is 7.81. The Bertz CT molecular complexity index is 1240. The highest BCUT2D eigenvalue weighted by atomic mass is 32.1. The van der Waals surface area contributed by atoms with Crippen LogP contribution in [0.15, 0.2) is 30.5 Å². The highest BCUT2D eigenvalue weighted by molar-refractivity contribution is 7.21. The Hall–Kier alpha value is -3.02. The molecule has 2 atom stereocenters. The number of carbonyl (C=O) groups excluding carboxylic acids is 1. The molecule has 2 aliphatic heterocycles. The first-order valence-corrected chi connectivity index (χ1v) is 14.5. The minimum absolute atomic E-state index is 0.205. The Labute approximate surface area is 234 Å². The second kappa shape index (κ2) is 11.6. The maximum absolute atomic E-state index is 12.5. The molecular formula is C28H39N7O3S. The Kier molecular flexibility index (Phi) is 8.20. The smallest absolute Gasteiger partial charge is 0.410 e. The van der Waals surface area contributed by atoms with Gasteiger partial charge in [-0.05, 0) is 77.3 Å². The molecule has 0 spiro atoms. The molecule has 0 unspecified atom stereocenters. The van der Waals surface area contributed by atoms with Gasteiger partial charge in [0, 0.05) is 45.0 Å². The third-order valence-electron chi connectivity index (χ3n) is 6.69. The SMILES string of the molecule is C[C@@H]1CN(Cc2cc(Nc3nc4cccnc4s3)nc(NC3CCN(C(=O)OC(C)(C)C)CC3)c2)C[C@H](C)O1. The fraction of sp³-hybridized carbons (Fsp3) is 0.571. The number of pyridine rings is 2. The number of piperidine rings is 1. The minimum Gasteiger partial charge on any atom is -0.444 e. The van der Waals surface area contributed by atoms with E-state index in [2.05, 4.69) is 51.5 Å². The monoisotopic (exact) mass is 553 g/mol. The highest BCUT2D eigenvalue weighted by Crippen LogP contribution is 2.28. The van der Waals surface area contributed by atoms with Gasteiger partial charge >= 0.3 is 6.09 Å². The van der Waals surface area contributed by atoms with Gasteiger partial charge in [-0.25, -0.2) is 19.7 Å². The van der Waals surface area contributed by atoms with E-state index in [-0.39, 0.29) is 24.3 Å². The number of nitrogens with one attached hydrogen (secondary N) is 2. The number of nitrogens with zero attached hydrogens (tertiary/aromatic N) is 5. The number of hydrogen-bond acceptors (Lipinski definition) is 10. The molecule has 0 bridgehead atoms. The van der Waals surface area contributed by atoms with E-state index in [0.717, 1.165) is 59.6 Å². The normalized spacial score (nSPS) is 21.2. The maximum atomic E-state index is 12.5. The van der Waals surface area contributed by atoms with Gasteiger partial charge in [-0.1, -0.05) is 11.3 Å². The first kappa shape index (κ1) is 27.5. The molecule has 3 aromatic rings. The van der Waals surface area contributed by atoms with E-state index < -0.39 is 5.60 Å². The Morgan fingerprint density at radius 3 is 2.54 bits per heavy atom. The number of ether oxygens (including phenoxy) is 2. The van der Waals surface area contributed by atoms with E-state index in [1.54, 1.807) is 11.1 Å². The number of amides is 1. The molecule has 2 saturated heterocycles. The van der Waals surface area contributed by atoms with Crippen molar-refractivity contribution in [3.63, 3.8) is 0 Å². The molecule has 3 aromatic heterocycles. The van der Waals surface area contributed by atoms with Gasteiger partial charge in [0.05, 0.1) is 12.2 Å². The van der Waals surface area contributed by atoms with Crippen LogP contribution in [0.3, 0.4) is 0 Å². The summed E-state index contributed by atoms with van der Waals surface area (Å²) in [6.07, 6.45) is 3.61. The van der Waals surface area contributed by atoms with Gasteiger partial charge in [0.2, 0.25) is 0 Å². The van der Waals surface area contributed by atoms with Crippen LogP contribution in [0.5, 0.6) is 0 Å². The summed E-state index contributed by atoms with van der Waals surface area (Å²) in [6, 6.07) is 8.31. The molecule has 0 aliphatic carbocycles. The number of likely N-dealkylation sites (tertiary alicyclic amines) is 1. The molecule has 11 heteroatoms. The largest absolute Gasteiger partial charge is 0.444 e. The van der Waals surface area contributed by atoms with Crippen molar-refractivity contribution in [2.24, 2.45) is 0 Å². The van der Waals surface area contributed by atoms with Crippen LogP contribution in [0.1, 0.15) is 53.0 Å². The highest BCUT2D eigenvalue weighted by Gasteiger charge is 2.27. The Morgan fingerprint density at radius 1 is 1.13 bits per heavy atom. The topological polar surface area (TPSA) is 105 Å². The molecule has 0 aromatic carbocycles. The van der Waals surface area contributed by atoms with Crippen molar-refractivity contribution in [2.75, 3.05) is 36.8 Å². The third-order valence-corrected chi connectivity index (χ3v) is 7.58. The van der Waals surface area contributed by atoms with Gasteiger partial charge < -0.3 is 25.0 Å². The molecule has 10 nitrogen and oxygen atoms in total. The second-order valence-electron chi connectivity index (χ2n) is 11.6. The maximum Gasteiger partial charge on any atom is 0.410 e. The van der Waals surface area contributed by atoms with Gasteiger partial charge in [0.25, 0.3) is 0 Å². The van der Waals surface area contributed by atoms with Crippen LogP contribution in [0.2, 0.25) is 0 Å². The number of anilines is 3. The molecule has 39 heavy (non-hydrogen) atoms. The van der Waals surface area contributed by atoms with Crippen LogP contribution in [-0.4, -0.2) is 80.9 Å². The lowest BCUT2D eigenvalue weighted by atomic mass is 10.1. The van der Waals surface area contributed by atoms with E-state index >= 15 is 0 Å². The molecule has 0 radical (unpaired) electrons. The number of fused-ring (bicyclic) bond motifs is 1. The summed E-state index contributed by atoms with van der Waals surface area (Å²) in [5.74, 6) is 1.56. The lowest BCUT2D eigenvalue weighted by Crippen LogP contribution is -2.45. The zero-order valence-corrected chi connectivity index (χ0v) is 24.3. The van der Waals surface area contributed by atoms with Crippen molar-refractivity contribution in [3.05, 3.63) is 36.0 Å². The van der Waals surface area contributed by atoms with Gasteiger partial charge in [-0.3, -0.25) is 4.90 Å². The summed E-state index contributed by atoms with van der Waals surface area (Å²) in [5.41, 5.74) is 1.55. The number of hydrogen-bond donors (Lipinski definition) is 2. The van der Waals surface area contributed by atoms with Crippen molar-refractivity contribution < 1.29 is 14.3 Å². The number of carbonyl (C=O) groups is 1. The number of thiazole rings is 1. The van der Waals surface area contributed by atoms with Crippen LogP contribution < -0.4 is 10.6 Å². The van der Waals surface area contributed by atoms with Crippen molar-refractivity contribution in [1.29, 1.82) is 0 Å². The summed E-state index contributed by atoms with van der Waals surface area (Å²) in [7, 11) is 0. The zero-order chi connectivity index (χ0) is 27.6. The Morgan fingerprint density at radius 2 is 1.85 bits per heavy atom. The van der Waals surface area contributed by atoms with Crippen LogP contribution in [0.25, 0.3) is 10.3 Å². The summed E-state index contributed by atoms with van der Waals surface area (Å²) < 4.78 is 11.5. The summed E-state index contributed by atoms with van der Waals surface area (Å²) >= 11 is 1.51. The molecule has 5 heterocycles. The number of morpholine rings is 1. The molecule has 2 fully saturated rings. The Balaban J connectivity index is 1.30. The molecule has 210 valence electrons. The van der Waals surface area contributed by atoms with E-state index in [0.29, 0.717) is 13.1 Å². The van der Waals surface area contributed by atoms with E-state index in [9.17, 15) is 4.79 Å². The fourth-order valence-electron chi connectivity index (χ4n) is 5.16. The standard InChI is InChI=1S/C28H39N7O3S/c1-18-15-34(16-19(2)37-18)17-20-13-23(30-21-8-11-35(12-9-21)27(36)38-28(3,4)5)32-24(14-20)33-26-31-22-7-6-10-29-25(22)39-26/h6-7,10,13-14,18-19,21H,8-9,11-12,15-17H2,1-5H3,(H2,30,31,32,33)/t18-,19+. The first-order valence-electron chi connectivity index (χ1n) is 13.7. The first-order chi connectivity index (χ1) is 18.6. The van der Waals surface area contributed by atoms with Gasteiger partial charge in [-0.15, -0.1) is 0 Å². The van der Waals surface area contributed by atoms with E-state index in [4.69, 9.17) is 14.5 Å². The predicted molar refractivity (Wildman–Crippen MR) is 155 cm³/mol. The van der Waals surface area contributed by atoms with Gasteiger partial charge in [0.15, 0.2) is 5.13 Å². The molecular weight excluding hydrogens is 514 g/mol. The number of aromatic nitrogens is 3. The average molecular weight is 554 g/mol. The zero-order valence-electron chi connectivity index (χ0n) is 23.4. The van der Waals surface area contributed by atoms with Gasteiger partial charge in [-0.2, -0.15) is 0 Å². The van der Waals surface area contributed by atoms with Crippen molar-refractivity contribution in [2.45, 2.75) is 77.9 Å². The molecule has 1 amide bonds. The van der Waals surface area contributed by atoms with Crippen LogP contribution in [-0.2, 0) is 16.0 Å². The lowest BCUT2D eigenvalue weighted by Gasteiger charge is -2.35. The quantitative estimate of drug-likeness (QED) is 0.423. The summed E-state index contributed by atoms with van der Waals surface area (Å²) in [6.45, 7) is 13.8. The van der Waals surface area contributed by atoms with Crippen molar-refractivity contribution >= 4 is 44.5 Å². The van der Waals surface area contributed by atoms with Crippen molar-refractivity contribution in [1.82, 2.24) is 24.8 Å². The van der Waals surface area contributed by atoms with E-state index in [1.807, 2.05) is 32.9 Å². The summed E-state index contributed by atoms with van der Waals surface area (Å²) in [4.78, 5) is 31.6. The third kappa shape index (κ3) is 7.55. The molecule has 5 rings (SSSR count). The van der Waals surface area contributed by atoms with Crippen LogP contribution in [0.4, 0.5) is 21.6 Å². The number of rotatable bonds is 6. The lowest BCUT2D eigenvalue weighted by molar-refractivity contribution is -0.0704. The average Bonchev–Trinajstić information content (AvgIpc) is 3.25. The molecule has 0 saturated carbocycles.